The first-order valence-electron chi connectivity index (χ1n) is 12.0. The maximum Gasteiger partial charge on any atom is 0.295 e. The number of carbonyl (C=O) groups excluding carboxylic acids is 2. The summed E-state index contributed by atoms with van der Waals surface area (Å²) in [6.45, 7) is 2.49. The number of aromatic nitrogens is 1. The average Bonchev–Trinajstić information content (AvgIpc) is 3.18. The Balaban J connectivity index is 1.50. The number of benzene rings is 3. The van der Waals surface area contributed by atoms with Gasteiger partial charge in [-0.25, -0.2) is 0 Å². The van der Waals surface area contributed by atoms with Gasteiger partial charge in [-0.1, -0.05) is 66.7 Å². The van der Waals surface area contributed by atoms with Gasteiger partial charge >= 0.3 is 0 Å². The molecule has 0 unspecified atom stereocenters. The number of rotatable bonds is 7. The zero-order valence-corrected chi connectivity index (χ0v) is 20.4. The largest absolute Gasteiger partial charge is 0.507 e. The Kier molecular flexibility index (Phi) is 6.81. The van der Waals surface area contributed by atoms with Gasteiger partial charge < -0.3 is 14.7 Å². The minimum absolute atomic E-state index is 0.0671. The van der Waals surface area contributed by atoms with E-state index in [4.69, 9.17) is 4.74 Å². The van der Waals surface area contributed by atoms with E-state index in [1.165, 1.54) is 4.90 Å². The third kappa shape index (κ3) is 5.00. The maximum atomic E-state index is 13.3. The predicted molar refractivity (Wildman–Crippen MR) is 140 cm³/mol. The van der Waals surface area contributed by atoms with Crippen LogP contribution >= 0.6 is 0 Å². The first kappa shape index (κ1) is 24.0. The number of aliphatic hydroxyl groups excluding tert-OH is 1. The van der Waals surface area contributed by atoms with E-state index >= 15 is 0 Å². The van der Waals surface area contributed by atoms with E-state index in [0.29, 0.717) is 17.9 Å². The Morgan fingerprint density at radius 2 is 1.62 bits per heavy atom. The lowest BCUT2D eigenvalue weighted by Gasteiger charge is -2.25. The fraction of sp³-hybridized carbons (Fsp3) is 0.129. The molecule has 0 bridgehead atoms. The van der Waals surface area contributed by atoms with E-state index in [0.717, 1.165) is 22.3 Å². The van der Waals surface area contributed by atoms with Crippen molar-refractivity contribution in [2.75, 3.05) is 0 Å². The van der Waals surface area contributed by atoms with Gasteiger partial charge in [0, 0.05) is 24.5 Å². The molecule has 184 valence electrons. The van der Waals surface area contributed by atoms with Crippen LogP contribution in [-0.2, 0) is 22.7 Å². The lowest BCUT2D eigenvalue weighted by molar-refractivity contribution is -0.140. The summed E-state index contributed by atoms with van der Waals surface area (Å²) in [5.41, 5.74) is 3.90. The van der Waals surface area contributed by atoms with Crippen molar-refractivity contribution in [3.05, 3.63) is 137 Å². The highest BCUT2D eigenvalue weighted by Gasteiger charge is 2.46. The zero-order chi connectivity index (χ0) is 25.8. The molecule has 0 aliphatic carbocycles. The molecule has 6 heteroatoms. The lowest BCUT2D eigenvalue weighted by Crippen LogP contribution is -2.29. The molecular formula is C31H26N2O4. The van der Waals surface area contributed by atoms with Crippen LogP contribution in [-0.4, -0.2) is 26.7 Å². The molecule has 4 aromatic rings. The second-order valence-electron chi connectivity index (χ2n) is 8.95. The van der Waals surface area contributed by atoms with Crippen LogP contribution in [0.3, 0.4) is 0 Å². The average molecular weight is 491 g/mol. The number of ketones is 1. The number of hydrogen-bond acceptors (Lipinski definition) is 5. The Labute approximate surface area is 215 Å². The van der Waals surface area contributed by atoms with Crippen molar-refractivity contribution < 1.29 is 19.4 Å². The van der Waals surface area contributed by atoms with Crippen LogP contribution in [0, 0.1) is 6.92 Å². The van der Waals surface area contributed by atoms with Crippen LogP contribution in [0.25, 0.3) is 5.76 Å². The Morgan fingerprint density at radius 1 is 0.919 bits per heavy atom. The van der Waals surface area contributed by atoms with Gasteiger partial charge in [0.25, 0.3) is 11.7 Å². The summed E-state index contributed by atoms with van der Waals surface area (Å²) in [6, 6.07) is 27.3. The van der Waals surface area contributed by atoms with Gasteiger partial charge in [-0.05, 0) is 53.4 Å². The highest BCUT2D eigenvalue weighted by atomic mass is 16.5. The number of nitrogens with zero attached hydrogens (tertiary/aromatic N) is 2. The molecular weight excluding hydrogens is 464 g/mol. The number of ether oxygens (including phenoxy) is 1. The molecule has 1 aromatic heterocycles. The topological polar surface area (TPSA) is 79.7 Å². The molecule has 1 atom stereocenters. The molecule has 5 rings (SSSR count). The summed E-state index contributed by atoms with van der Waals surface area (Å²) in [6.07, 6.45) is 3.32. The molecule has 6 nitrogen and oxygen atoms in total. The van der Waals surface area contributed by atoms with Crippen molar-refractivity contribution in [1.29, 1.82) is 0 Å². The SMILES string of the molecule is Cc1cc(/C(O)=C2\C(=O)C(=O)N(Cc3cccnc3)[C@H]2c2ccccc2)ccc1OCc1ccccc1. The number of aliphatic hydroxyl groups is 1. The molecule has 0 radical (unpaired) electrons. The van der Waals surface area contributed by atoms with Gasteiger partial charge in [0.2, 0.25) is 0 Å². The van der Waals surface area contributed by atoms with Crippen LogP contribution < -0.4 is 4.74 Å². The minimum atomic E-state index is -0.726. The number of aryl methyl sites for hydroxylation is 1. The summed E-state index contributed by atoms with van der Waals surface area (Å²) in [7, 11) is 0. The number of likely N-dealkylation sites (tertiary alicyclic amines) is 1. The smallest absolute Gasteiger partial charge is 0.295 e. The van der Waals surface area contributed by atoms with Crippen LogP contribution in [0.15, 0.2) is 109 Å². The molecule has 1 aliphatic heterocycles. The van der Waals surface area contributed by atoms with Gasteiger partial charge in [-0.2, -0.15) is 0 Å². The molecule has 2 heterocycles. The summed E-state index contributed by atoms with van der Waals surface area (Å²) in [5.74, 6) is -0.897. The van der Waals surface area contributed by atoms with Crippen LogP contribution in [0.4, 0.5) is 0 Å². The normalized spacial score (nSPS) is 16.7. The highest BCUT2D eigenvalue weighted by Crippen LogP contribution is 2.40. The third-order valence-electron chi connectivity index (χ3n) is 6.42. The number of carbonyl (C=O) groups is 2. The molecule has 1 saturated heterocycles. The summed E-state index contributed by atoms with van der Waals surface area (Å²) < 4.78 is 5.96. The summed E-state index contributed by atoms with van der Waals surface area (Å²) >= 11 is 0. The fourth-order valence-electron chi connectivity index (χ4n) is 4.56. The summed E-state index contributed by atoms with van der Waals surface area (Å²) in [4.78, 5) is 32.1. The van der Waals surface area contributed by atoms with E-state index in [-0.39, 0.29) is 17.9 Å². The van der Waals surface area contributed by atoms with Crippen LogP contribution in [0.5, 0.6) is 5.75 Å². The van der Waals surface area contributed by atoms with E-state index in [2.05, 4.69) is 4.98 Å². The van der Waals surface area contributed by atoms with Gasteiger partial charge in [0.1, 0.15) is 18.1 Å². The Morgan fingerprint density at radius 3 is 2.30 bits per heavy atom. The molecule has 1 fully saturated rings. The van der Waals surface area contributed by atoms with Crippen molar-refractivity contribution >= 4 is 17.4 Å². The number of amides is 1. The fourth-order valence-corrected chi connectivity index (χ4v) is 4.56. The maximum absolute atomic E-state index is 13.3. The Hall–Kier alpha value is -4.71. The number of Topliss-reactive ketones (excluding diaryl/α,β-unsaturated/α-hetero) is 1. The molecule has 3 aromatic carbocycles. The van der Waals surface area contributed by atoms with E-state index in [9.17, 15) is 14.7 Å². The molecule has 1 amide bonds. The van der Waals surface area contributed by atoms with Gasteiger partial charge in [-0.15, -0.1) is 0 Å². The van der Waals surface area contributed by atoms with Crippen molar-refractivity contribution in [3.8, 4) is 5.75 Å². The van der Waals surface area contributed by atoms with Crippen LogP contribution in [0.1, 0.15) is 33.9 Å². The minimum Gasteiger partial charge on any atom is -0.507 e. The van der Waals surface area contributed by atoms with Gasteiger partial charge in [0.15, 0.2) is 0 Å². The first-order chi connectivity index (χ1) is 18.0. The second-order valence-corrected chi connectivity index (χ2v) is 8.95. The highest BCUT2D eigenvalue weighted by molar-refractivity contribution is 6.46. The zero-order valence-electron chi connectivity index (χ0n) is 20.4. The molecule has 1 aliphatic rings. The standard InChI is InChI=1S/C31H26N2O4/c1-21-17-25(14-15-26(21)37-20-22-9-4-2-5-10-22)29(34)27-28(24-12-6-3-7-13-24)33(31(36)30(27)35)19-23-11-8-16-32-18-23/h2-18,28,34H,19-20H2,1H3/b29-27+/t28-/m0/s1. The van der Waals surface area contributed by atoms with E-state index in [1.807, 2.05) is 73.7 Å². The number of pyridine rings is 1. The molecule has 1 N–H and O–H groups in total. The van der Waals surface area contributed by atoms with Gasteiger partial charge in [0.05, 0.1) is 11.6 Å². The van der Waals surface area contributed by atoms with E-state index < -0.39 is 17.7 Å². The van der Waals surface area contributed by atoms with Crippen LogP contribution in [0.2, 0.25) is 0 Å². The molecule has 0 spiro atoms. The van der Waals surface area contributed by atoms with Crippen molar-refractivity contribution in [3.63, 3.8) is 0 Å². The number of hydrogen-bond donors (Lipinski definition) is 1. The first-order valence-corrected chi connectivity index (χ1v) is 12.0. The lowest BCUT2D eigenvalue weighted by atomic mass is 9.94. The molecule has 37 heavy (non-hydrogen) atoms. The van der Waals surface area contributed by atoms with Crippen molar-refractivity contribution in [1.82, 2.24) is 9.88 Å². The predicted octanol–water partition coefficient (Wildman–Crippen LogP) is 5.59. The quantitative estimate of drug-likeness (QED) is 0.208. The van der Waals surface area contributed by atoms with Gasteiger partial charge in [-0.3, -0.25) is 14.6 Å². The Bertz CT molecular complexity index is 1450. The van der Waals surface area contributed by atoms with E-state index in [1.54, 1.807) is 36.7 Å². The van der Waals surface area contributed by atoms with Crippen molar-refractivity contribution in [2.24, 2.45) is 0 Å². The third-order valence-corrected chi connectivity index (χ3v) is 6.42. The molecule has 0 saturated carbocycles. The monoisotopic (exact) mass is 490 g/mol. The van der Waals surface area contributed by atoms with Crippen molar-refractivity contribution in [2.45, 2.75) is 26.1 Å². The second kappa shape index (κ2) is 10.5. The summed E-state index contributed by atoms with van der Waals surface area (Å²) in [5, 5.41) is 11.4.